The number of rotatable bonds is 6. The van der Waals surface area contributed by atoms with Crippen LogP contribution in [0.4, 0.5) is 0 Å². The smallest absolute Gasteiger partial charge is 0.322 e. The number of nitrogens with one attached hydrogen (secondary N) is 1. The fraction of sp³-hybridized carbons (Fsp3) is 0.692. The van der Waals surface area contributed by atoms with E-state index in [1.165, 1.54) is 11.8 Å². The Balaban J connectivity index is 2.59. The molecule has 0 spiro atoms. The number of hydrogen-bond acceptors (Lipinski definition) is 5. The van der Waals surface area contributed by atoms with Crippen molar-refractivity contribution >= 4 is 34.7 Å². The zero-order chi connectivity index (χ0) is 16.0. The van der Waals surface area contributed by atoms with E-state index in [1.807, 2.05) is 0 Å². The third-order valence-corrected chi connectivity index (χ3v) is 4.28. The summed E-state index contributed by atoms with van der Waals surface area (Å²) in [4.78, 5) is 47.1. The van der Waals surface area contributed by atoms with Gasteiger partial charge in [-0.1, -0.05) is 18.7 Å². The van der Waals surface area contributed by atoms with Gasteiger partial charge in [-0.05, 0) is 12.8 Å². The number of hydrogen-bond donors (Lipinski definition) is 2. The van der Waals surface area contributed by atoms with Crippen molar-refractivity contribution in [2.24, 2.45) is 5.92 Å². The molecule has 1 heterocycles. The average Bonchev–Trinajstić information content (AvgIpc) is 2.90. The van der Waals surface area contributed by atoms with Gasteiger partial charge < -0.3 is 15.3 Å². The predicted molar refractivity (Wildman–Crippen MR) is 77.7 cm³/mol. The molecule has 1 rings (SSSR count). The molecule has 2 amide bonds. The lowest BCUT2D eigenvalue weighted by molar-refractivity contribution is -0.142. The summed E-state index contributed by atoms with van der Waals surface area (Å²) < 4.78 is 0. The molecule has 0 aliphatic carbocycles. The summed E-state index contributed by atoms with van der Waals surface area (Å²) in [6.45, 7) is 3.20. The van der Waals surface area contributed by atoms with Crippen LogP contribution in [-0.4, -0.2) is 57.8 Å². The Bertz CT molecular complexity index is 440. The summed E-state index contributed by atoms with van der Waals surface area (Å²) in [5.74, 6) is -1.70. The highest BCUT2D eigenvalue weighted by molar-refractivity contribution is 8.13. The van der Waals surface area contributed by atoms with E-state index in [2.05, 4.69) is 5.32 Å². The zero-order valence-corrected chi connectivity index (χ0v) is 12.9. The molecule has 2 N–H and O–H groups in total. The second kappa shape index (κ2) is 8.02. The van der Waals surface area contributed by atoms with Gasteiger partial charge in [0.2, 0.25) is 11.8 Å². The molecule has 0 radical (unpaired) electrons. The Morgan fingerprint density at radius 3 is 2.62 bits per heavy atom. The maximum Gasteiger partial charge on any atom is 0.322 e. The third-order valence-electron chi connectivity index (χ3n) is 3.21. The predicted octanol–water partition coefficient (Wildman–Crippen LogP) is 0.0940. The molecule has 118 valence electrons. The molecule has 0 unspecified atom stereocenters. The average molecular weight is 316 g/mol. The number of aliphatic carboxylic acids is 1. The molecular formula is C13H20N2O5S. The maximum atomic E-state index is 12.3. The van der Waals surface area contributed by atoms with E-state index in [-0.39, 0.29) is 16.9 Å². The normalized spacial score (nSPS) is 19.1. The lowest BCUT2D eigenvalue weighted by atomic mass is 10.1. The first-order valence-corrected chi connectivity index (χ1v) is 7.74. The Kier molecular flexibility index (Phi) is 6.67. The molecule has 1 aliphatic rings. The van der Waals surface area contributed by atoms with Crippen molar-refractivity contribution < 1.29 is 24.3 Å². The fourth-order valence-electron chi connectivity index (χ4n) is 2.18. The number of likely N-dealkylation sites (tertiary alicyclic amines) is 1. The Hall–Kier alpha value is -1.57. The van der Waals surface area contributed by atoms with Crippen LogP contribution >= 0.6 is 11.8 Å². The van der Waals surface area contributed by atoms with Crippen molar-refractivity contribution in [1.29, 1.82) is 0 Å². The highest BCUT2D eigenvalue weighted by atomic mass is 32.2. The van der Waals surface area contributed by atoms with Crippen molar-refractivity contribution in [3.63, 3.8) is 0 Å². The lowest BCUT2D eigenvalue weighted by Crippen LogP contribution is -2.48. The van der Waals surface area contributed by atoms with Gasteiger partial charge in [0.15, 0.2) is 5.12 Å². The van der Waals surface area contributed by atoms with Crippen LogP contribution in [0, 0.1) is 5.92 Å². The SMILES string of the molecule is CC(=O)SC[C@@H](C)C(=O)N1CCC[C@H]1C(=O)NCC(=O)O. The van der Waals surface area contributed by atoms with E-state index in [0.717, 1.165) is 11.8 Å². The molecule has 7 nitrogen and oxygen atoms in total. The van der Waals surface area contributed by atoms with Gasteiger partial charge >= 0.3 is 5.97 Å². The van der Waals surface area contributed by atoms with Crippen LogP contribution < -0.4 is 5.32 Å². The monoisotopic (exact) mass is 316 g/mol. The van der Waals surface area contributed by atoms with Crippen LogP contribution in [0.25, 0.3) is 0 Å². The van der Waals surface area contributed by atoms with E-state index < -0.39 is 24.5 Å². The van der Waals surface area contributed by atoms with E-state index in [4.69, 9.17) is 5.11 Å². The van der Waals surface area contributed by atoms with Gasteiger partial charge in [-0.2, -0.15) is 0 Å². The molecule has 2 atom stereocenters. The summed E-state index contributed by atoms with van der Waals surface area (Å²) in [6.07, 6.45) is 1.24. The zero-order valence-electron chi connectivity index (χ0n) is 12.1. The van der Waals surface area contributed by atoms with Gasteiger partial charge in [0.05, 0.1) is 0 Å². The van der Waals surface area contributed by atoms with E-state index in [0.29, 0.717) is 25.1 Å². The molecule has 0 aromatic carbocycles. The summed E-state index contributed by atoms with van der Waals surface area (Å²) in [7, 11) is 0. The molecule has 0 aromatic rings. The van der Waals surface area contributed by atoms with Crippen LogP contribution in [0.15, 0.2) is 0 Å². The summed E-state index contributed by atoms with van der Waals surface area (Å²) in [5.41, 5.74) is 0. The minimum Gasteiger partial charge on any atom is -0.480 e. The molecule has 0 aromatic heterocycles. The van der Waals surface area contributed by atoms with Crippen molar-refractivity contribution in [3.05, 3.63) is 0 Å². The maximum absolute atomic E-state index is 12.3. The topological polar surface area (TPSA) is 104 Å². The lowest BCUT2D eigenvalue weighted by Gasteiger charge is -2.26. The first-order chi connectivity index (χ1) is 9.82. The van der Waals surface area contributed by atoms with Gasteiger partial charge in [0, 0.05) is 25.1 Å². The van der Waals surface area contributed by atoms with Gasteiger partial charge in [-0.3, -0.25) is 19.2 Å². The molecule has 0 bridgehead atoms. The quantitative estimate of drug-likeness (QED) is 0.720. The van der Waals surface area contributed by atoms with Crippen LogP contribution in [0.2, 0.25) is 0 Å². The van der Waals surface area contributed by atoms with Gasteiger partial charge in [-0.15, -0.1) is 0 Å². The van der Waals surface area contributed by atoms with Crippen LogP contribution in [0.5, 0.6) is 0 Å². The van der Waals surface area contributed by atoms with Gasteiger partial charge in [0.25, 0.3) is 0 Å². The van der Waals surface area contributed by atoms with Crippen LogP contribution in [0.3, 0.4) is 0 Å². The molecule has 0 saturated carbocycles. The number of nitrogens with zero attached hydrogens (tertiary/aromatic N) is 1. The highest BCUT2D eigenvalue weighted by Gasteiger charge is 2.35. The standard InChI is InChI=1S/C13H20N2O5S/c1-8(7-21-9(2)16)13(20)15-5-3-4-10(15)12(19)14-6-11(17)18/h8,10H,3-7H2,1-2H3,(H,14,19)(H,17,18)/t8-,10+/m1/s1. The van der Waals surface area contributed by atoms with E-state index in [1.54, 1.807) is 6.92 Å². The van der Waals surface area contributed by atoms with Crippen molar-refractivity contribution in [3.8, 4) is 0 Å². The summed E-state index contributed by atoms with van der Waals surface area (Å²) in [5, 5.41) is 10.8. The van der Waals surface area contributed by atoms with Crippen molar-refractivity contribution in [2.75, 3.05) is 18.8 Å². The van der Waals surface area contributed by atoms with Gasteiger partial charge in [-0.25, -0.2) is 0 Å². The second-order valence-electron chi connectivity index (χ2n) is 5.00. The Morgan fingerprint density at radius 2 is 2.05 bits per heavy atom. The molecule has 21 heavy (non-hydrogen) atoms. The first-order valence-electron chi connectivity index (χ1n) is 6.76. The number of carbonyl (C=O) groups is 4. The molecule has 1 fully saturated rings. The minimum absolute atomic E-state index is 0.0492. The second-order valence-corrected chi connectivity index (χ2v) is 6.20. The number of carboxylic acids is 1. The Morgan fingerprint density at radius 1 is 1.38 bits per heavy atom. The Labute approximate surface area is 127 Å². The largest absolute Gasteiger partial charge is 0.480 e. The number of thioether (sulfide) groups is 1. The van der Waals surface area contributed by atoms with Gasteiger partial charge in [0.1, 0.15) is 12.6 Å². The van der Waals surface area contributed by atoms with Crippen molar-refractivity contribution in [2.45, 2.75) is 32.7 Å². The third kappa shape index (κ3) is 5.37. The summed E-state index contributed by atoms with van der Waals surface area (Å²) >= 11 is 1.09. The summed E-state index contributed by atoms with van der Waals surface area (Å²) in [6, 6.07) is -0.610. The molecule has 1 saturated heterocycles. The van der Waals surface area contributed by atoms with Crippen molar-refractivity contribution in [1.82, 2.24) is 10.2 Å². The number of carboxylic acid groups (broad SMARTS) is 1. The fourth-order valence-corrected chi connectivity index (χ4v) is 2.81. The van der Waals surface area contributed by atoms with E-state index >= 15 is 0 Å². The van der Waals surface area contributed by atoms with Crippen LogP contribution in [0.1, 0.15) is 26.7 Å². The highest BCUT2D eigenvalue weighted by Crippen LogP contribution is 2.21. The first kappa shape index (κ1) is 17.5. The molecule has 8 heteroatoms. The van der Waals surface area contributed by atoms with E-state index in [9.17, 15) is 19.2 Å². The van der Waals surface area contributed by atoms with Crippen LogP contribution in [-0.2, 0) is 19.2 Å². The number of carbonyl (C=O) groups excluding carboxylic acids is 3. The molecular weight excluding hydrogens is 296 g/mol. The minimum atomic E-state index is -1.12. The molecule has 1 aliphatic heterocycles. The number of amides is 2.